The van der Waals surface area contributed by atoms with Crippen LogP contribution in [0.4, 0.5) is 5.69 Å². The van der Waals surface area contributed by atoms with Crippen LogP contribution in [0.5, 0.6) is 0 Å². The molecule has 23 heteroatoms. The van der Waals surface area contributed by atoms with Gasteiger partial charge in [0, 0.05) is 88.9 Å². The van der Waals surface area contributed by atoms with Crippen LogP contribution in [0.1, 0.15) is 108 Å². The molecule has 19 unspecified atom stereocenters. The van der Waals surface area contributed by atoms with Crippen molar-refractivity contribution < 1.29 is 93.9 Å². The predicted octanol–water partition coefficient (Wildman–Crippen LogP) is 2.11. The van der Waals surface area contributed by atoms with E-state index in [0.717, 1.165) is 5.69 Å². The summed E-state index contributed by atoms with van der Waals surface area (Å²) in [7, 11) is 1.77. The highest BCUT2D eigenvalue weighted by atomic mass is 16.7. The second-order valence-electron chi connectivity index (χ2n) is 23.8. The number of Topliss-reactive ketones (excluding diaryl/α,β-unsaturated/α-hetero) is 2. The molecule has 4 aliphatic heterocycles. The number of amides is 1. The number of hydrogen-bond donors (Lipinski definition) is 13. The molecule has 19 atom stereocenters. The zero-order valence-electron chi connectivity index (χ0n) is 51.2. The average molecular weight is 1240 g/mol. The monoisotopic (exact) mass is 1240 g/mol. The van der Waals surface area contributed by atoms with Crippen molar-refractivity contribution in [1.82, 2.24) is 10.2 Å². The number of carbonyl (C=O) groups is 4. The molecule has 0 aliphatic carbocycles. The zero-order chi connectivity index (χ0) is 64.3. The maximum absolute atomic E-state index is 14.1. The number of ether oxygens (including phenoxy) is 5. The number of benzene rings is 1. The van der Waals surface area contributed by atoms with Crippen LogP contribution in [-0.2, 0) is 38.1 Å². The molecule has 2 bridgehead atoms. The number of allylic oxidation sites excluding steroid dienone is 12. The topological polar surface area (TPSA) is 370 Å². The Hall–Kier alpha value is -5.16. The molecule has 23 nitrogen and oxygen atoms in total. The van der Waals surface area contributed by atoms with E-state index in [-0.39, 0.29) is 56.3 Å². The first-order valence-corrected chi connectivity index (χ1v) is 30.8. The molecule has 14 N–H and O–H groups in total. The summed E-state index contributed by atoms with van der Waals surface area (Å²) in [6.07, 6.45) is 3.27. The third-order valence-electron chi connectivity index (χ3n) is 16.2. The first kappa shape index (κ1) is 73.6. The second-order valence-corrected chi connectivity index (χ2v) is 23.8. The minimum absolute atomic E-state index is 0.103. The minimum Gasteiger partial charge on any atom is -0.461 e. The SMILES string of the molecule is CNc1ccc(C(=O)CC(O)CCC(C)C2OC(=O)CC(O)CC(=O)CC(O)CC(O)CC(O)CC(O)CC3(O)CC(O)C(C(=O)NCCN4CCOCC4)C(CC(OC4OC(C)C(O)C(N)C4O)/C=C/C=C/C=C/C=C\C=C/C=C/C=C/C2C)O3)cc1. The Morgan fingerprint density at radius 1 is 0.739 bits per heavy atom. The van der Waals surface area contributed by atoms with Gasteiger partial charge in [0.15, 0.2) is 17.9 Å². The van der Waals surface area contributed by atoms with E-state index >= 15 is 0 Å². The van der Waals surface area contributed by atoms with Crippen LogP contribution in [0.3, 0.4) is 0 Å². The third-order valence-corrected chi connectivity index (χ3v) is 16.2. The number of hydrogen-bond acceptors (Lipinski definition) is 22. The van der Waals surface area contributed by atoms with E-state index < -0.39 is 160 Å². The molecular formula is C65H98N4O19. The van der Waals surface area contributed by atoms with Crippen LogP contribution in [0, 0.1) is 17.8 Å². The predicted molar refractivity (Wildman–Crippen MR) is 328 cm³/mol. The summed E-state index contributed by atoms with van der Waals surface area (Å²) >= 11 is 0. The first-order chi connectivity index (χ1) is 41.9. The third kappa shape index (κ3) is 25.6. The van der Waals surface area contributed by atoms with E-state index in [9.17, 15) is 70.2 Å². The number of morpholine rings is 1. The first-order valence-electron chi connectivity index (χ1n) is 30.8. The molecule has 3 saturated heterocycles. The van der Waals surface area contributed by atoms with Crippen LogP contribution in [0.15, 0.2) is 109 Å². The van der Waals surface area contributed by atoms with Crippen molar-refractivity contribution in [2.75, 3.05) is 51.8 Å². The number of anilines is 1. The van der Waals surface area contributed by atoms with E-state index in [0.29, 0.717) is 44.8 Å². The van der Waals surface area contributed by atoms with E-state index in [2.05, 4.69) is 15.5 Å². The Kier molecular flexibility index (Phi) is 31.7. The van der Waals surface area contributed by atoms with Crippen molar-refractivity contribution >= 4 is 29.1 Å². The number of cyclic esters (lactones) is 1. The van der Waals surface area contributed by atoms with Crippen molar-refractivity contribution in [2.24, 2.45) is 23.5 Å². The van der Waals surface area contributed by atoms with Gasteiger partial charge in [-0.05, 0) is 69.2 Å². The minimum atomic E-state index is -2.29. The lowest BCUT2D eigenvalue weighted by Crippen LogP contribution is -2.62. The number of esters is 1. The van der Waals surface area contributed by atoms with E-state index in [1.807, 2.05) is 19.9 Å². The molecule has 4 aliphatic rings. The van der Waals surface area contributed by atoms with Gasteiger partial charge in [0.05, 0.1) is 98.7 Å². The molecule has 5 rings (SSSR count). The summed E-state index contributed by atoms with van der Waals surface area (Å²) in [5.74, 6) is -6.48. The van der Waals surface area contributed by atoms with Gasteiger partial charge < -0.3 is 91.1 Å². The molecule has 4 heterocycles. The average Bonchev–Trinajstić information content (AvgIpc) is 0.946. The van der Waals surface area contributed by atoms with Crippen molar-refractivity contribution in [3.8, 4) is 0 Å². The van der Waals surface area contributed by atoms with Crippen LogP contribution in [0.25, 0.3) is 0 Å². The van der Waals surface area contributed by atoms with Gasteiger partial charge in [0.25, 0.3) is 0 Å². The quantitative estimate of drug-likeness (QED) is 0.0937. The van der Waals surface area contributed by atoms with Crippen LogP contribution in [0.2, 0.25) is 0 Å². The normalized spacial score (nSPS) is 36.9. The van der Waals surface area contributed by atoms with Crippen LogP contribution >= 0.6 is 0 Å². The number of nitrogens with zero attached hydrogens (tertiary/aromatic N) is 1. The fourth-order valence-electron chi connectivity index (χ4n) is 11.4. The standard InChI is InChI=1S/C65H98N4O19/c1-41-17-15-13-11-9-7-5-6-8-10-12-14-16-18-53(86-64-61(81)59(66)60(80)43(3)85-64)38-56-58(63(82)68-25-26-69-27-29-84-30-28-69)55(78)40-65(83,88-56)39-52(76)35-50(74)33-48(72)31-47(71)32-49(73)34-51(75)37-57(79)87-62(41)42(2)19-24-46(70)36-54(77)44-20-22-45(67-4)23-21-44/h5-18,20-23,41-43,46-48,50-53,55-56,58-62,64,67,70-72,74-76,78,80-81,83H,19,24-40,66H2,1-4H3,(H,68,82)/b6-5-,9-7-,10-8+,13-11+,14-12+,17-15+,18-16+. The Morgan fingerprint density at radius 3 is 1.94 bits per heavy atom. The van der Waals surface area contributed by atoms with Crippen LogP contribution < -0.4 is 16.4 Å². The van der Waals surface area contributed by atoms with Gasteiger partial charge in [-0.3, -0.25) is 24.1 Å². The smallest absolute Gasteiger partial charge is 0.308 e. The molecular weight excluding hydrogens is 1140 g/mol. The number of ketones is 2. The van der Waals surface area contributed by atoms with E-state index in [1.165, 1.54) is 0 Å². The number of fused-ring (bicyclic) bond motifs is 2. The van der Waals surface area contributed by atoms with Gasteiger partial charge in [-0.1, -0.05) is 98.9 Å². The van der Waals surface area contributed by atoms with Gasteiger partial charge >= 0.3 is 5.97 Å². The molecule has 3 fully saturated rings. The molecule has 1 aromatic carbocycles. The number of nitrogens with one attached hydrogen (secondary N) is 2. The number of aliphatic hydroxyl groups is 10. The van der Waals surface area contributed by atoms with Crippen molar-refractivity contribution in [3.63, 3.8) is 0 Å². The Labute approximate surface area is 516 Å². The summed E-state index contributed by atoms with van der Waals surface area (Å²) in [4.78, 5) is 55.6. The van der Waals surface area contributed by atoms with Crippen LogP contribution in [-0.4, -0.2) is 223 Å². The number of carbonyl (C=O) groups excluding carboxylic acids is 4. The number of aliphatic hydroxyl groups excluding tert-OH is 9. The molecule has 88 heavy (non-hydrogen) atoms. The highest BCUT2D eigenvalue weighted by Crippen LogP contribution is 2.38. The lowest BCUT2D eigenvalue weighted by molar-refractivity contribution is -0.307. The summed E-state index contributed by atoms with van der Waals surface area (Å²) in [5.41, 5.74) is 7.47. The molecule has 0 spiro atoms. The summed E-state index contributed by atoms with van der Waals surface area (Å²) in [6, 6.07) is 5.77. The second kappa shape index (κ2) is 37.9. The number of rotatable bonds is 14. The fourth-order valence-corrected chi connectivity index (χ4v) is 11.4. The maximum atomic E-state index is 14.1. The Morgan fingerprint density at radius 2 is 1.32 bits per heavy atom. The van der Waals surface area contributed by atoms with Gasteiger partial charge in [-0.25, -0.2) is 0 Å². The lowest BCUT2D eigenvalue weighted by atomic mass is 9.82. The molecule has 492 valence electrons. The summed E-state index contributed by atoms with van der Waals surface area (Å²) in [5, 5.41) is 117. The summed E-state index contributed by atoms with van der Waals surface area (Å²) < 4.78 is 29.8. The zero-order valence-corrected chi connectivity index (χ0v) is 51.2. The fraction of sp³-hybridized carbons (Fsp3) is 0.631. The molecule has 0 saturated carbocycles. The van der Waals surface area contributed by atoms with Crippen molar-refractivity contribution in [2.45, 2.75) is 195 Å². The van der Waals surface area contributed by atoms with Gasteiger partial charge in [-0.2, -0.15) is 0 Å². The summed E-state index contributed by atoms with van der Waals surface area (Å²) in [6.45, 7) is 8.41. The van der Waals surface area contributed by atoms with Crippen molar-refractivity contribution in [3.05, 3.63) is 115 Å². The molecule has 1 amide bonds. The maximum Gasteiger partial charge on any atom is 0.308 e. The van der Waals surface area contributed by atoms with E-state index in [4.69, 9.17) is 29.4 Å². The molecule has 1 aromatic rings. The lowest BCUT2D eigenvalue weighted by Gasteiger charge is -2.46. The number of nitrogens with two attached hydrogens (primary N) is 1. The highest BCUT2D eigenvalue weighted by molar-refractivity contribution is 5.96. The van der Waals surface area contributed by atoms with Gasteiger partial charge in [0.1, 0.15) is 18.0 Å². The molecule has 0 radical (unpaired) electrons. The van der Waals surface area contributed by atoms with E-state index in [1.54, 1.807) is 117 Å². The van der Waals surface area contributed by atoms with Gasteiger partial charge in [-0.15, -0.1) is 0 Å². The molecule has 0 aromatic heterocycles. The van der Waals surface area contributed by atoms with Crippen molar-refractivity contribution in [1.29, 1.82) is 0 Å². The highest BCUT2D eigenvalue weighted by Gasteiger charge is 2.51. The van der Waals surface area contributed by atoms with Gasteiger partial charge in [0.2, 0.25) is 5.91 Å². The Bertz CT molecular complexity index is 2500. The Balaban J connectivity index is 1.35. The largest absolute Gasteiger partial charge is 0.461 e.